The molecular weight excluding hydrogens is 298 g/mol. The Morgan fingerprint density at radius 3 is 2.57 bits per heavy atom. The van der Waals surface area contributed by atoms with Crippen LogP contribution < -0.4 is 0 Å². The van der Waals surface area contributed by atoms with Crippen LogP contribution in [0.3, 0.4) is 0 Å². The first-order chi connectivity index (χ1) is 10.0. The van der Waals surface area contributed by atoms with E-state index in [0.29, 0.717) is 11.6 Å². The normalized spacial score (nSPS) is 12.0. The van der Waals surface area contributed by atoms with E-state index < -0.39 is 28.4 Å². The van der Waals surface area contributed by atoms with Crippen LogP contribution in [0.5, 0.6) is 0 Å². The van der Waals surface area contributed by atoms with Gasteiger partial charge in [-0.25, -0.2) is 13.6 Å². The van der Waals surface area contributed by atoms with Crippen LogP contribution in [-0.2, 0) is 21.3 Å². The highest BCUT2D eigenvalue weighted by molar-refractivity contribution is 7.84. The van der Waals surface area contributed by atoms with E-state index in [9.17, 15) is 17.8 Å². The summed E-state index contributed by atoms with van der Waals surface area (Å²) >= 11 is 0. The standard InChI is InChI=1S/C15H12F2O3S/c1-20-15(18)12-5-3-2-4-10(12)9-21(19)14-7-6-11(16)8-13(14)17/h2-8H,9H2,1H3. The Morgan fingerprint density at radius 2 is 1.90 bits per heavy atom. The second-order valence-corrected chi connectivity index (χ2v) is 5.63. The number of carbonyl (C=O) groups excluding carboxylic acids is 1. The second-order valence-electron chi connectivity index (χ2n) is 4.21. The maximum absolute atomic E-state index is 13.6. The zero-order chi connectivity index (χ0) is 15.4. The molecule has 0 radical (unpaired) electrons. The molecule has 0 aromatic heterocycles. The van der Waals surface area contributed by atoms with E-state index in [0.717, 1.165) is 12.1 Å². The molecule has 0 bridgehead atoms. The first-order valence-electron chi connectivity index (χ1n) is 6.02. The third kappa shape index (κ3) is 3.52. The second kappa shape index (κ2) is 6.58. The number of rotatable bonds is 4. The monoisotopic (exact) mass is 310 g/mol. The average Bonchev–Trinajstić information content (AvgIpc) is 2.46. The van der Waals surface area contributed by atoms with Gasteiger partial charge in [-0.3, -0.25) is 4.21 Å². The van der Waals surface area contributed by atoms with Crippen LogP contribution in [-0.4, -0.2) is 17.3 Å². The van der Waals surface area contributed by atoms with Crippen LogP contribution in [0.15, 0.2) is 47.4 Å². The van der Waals surface area contributed by atoms with Crippen molar-refractivity contribution in [3.63, 3.8) is 0 Å². The van der Waals surface area contributed by atoms with Crippen LogP contribution in [0, 0.1) is 11.6 Å². The lowest BCUT2D eigenvalue weighted by atomic mass is 10.1. The molecule has 110 valence electrons. The number of ether oxygens (including phenoxy) is 1. The summed E-state index contributed by atoms with van der Waals surface area (Å²) in [5.74, 6) is -2.22. The predicted molar refractivity (Wildman–Crippen MR) is 74.3 cm³/mol. The summed E-state index contributed by atoms with van der Waals surface area (Å²) in [5, 5.41) is 0. The summed E-state index contributed by atoms with van der Waals surface area (Å²) in [6.45, 7) is 0. The van der Waals surface area contributed by atoms with Crippen molar-refractivity contribution in [3.8, 4) is 0 Å². The molecule has 0 aliphatic heterocycles. The Balaban J connectivity index is 2.30. The lowest BCUT2D eigenvalue weighted by Gasteiger charge is -2.08. The first kappa shape index (κ1) is 15.3. The highest BCUT2D eigenvalue weighted by atomic mass is 32.2. The maximum atomic E-state index is 13.6. The minimum absolute atomic E-state index is 0.0617. The minimum atomic E-state index is -1.73. The Labute approximate surface area is 123 Å². The molecule has 21 heavy (non-hydrogen) atoms. The van der Waals surface area contributed by atoms with Gasteiger partial charge in [-0.2, -0.15) is 0 Å². The molecule has 0 saturated carbocycles. The fraction of sp³-hybridized carbons (Fsp3) is 0.133. The van der Waals surface area contributed by atoms with Crippen molar-refractivity contribution in [2.45, 2.75) is 10.6 Å². The SMILES string of the molecule is COC(=O)c1ccccc1CS(=O)c1ccc(F)cc1F. The van der Waals surface area contributed by atoms with Crippen molar-refractivity contribution < 1.29 is 22.5 Å². The molecule has 2 rings (SSSR count). The molecule has 0 aliphatic rings. The number of hydrogen-bond donors (Lipinski definition) is 0. The number of esters is 1. The average molecular weight is 310 g/mol. The van der Waals surface area contributed by atoms with Crippen molar-refractivity contribution in [1.82, 2.24) is 0 Å². The Morgan fingerprint density at radius 1 is 1.19 bits per heavy atom. The lowest BCUT2D eigenvalue weighted by molar-refractivity contribution is 0.0600. The van der Waals surface area contributed by atoms with E-state index in [4.69, 9.17) is 0 Å². The van der Waals surface area contributed by atoms with E-state index in [2.05, 4.69) is 4.74 Å². The van der Waals surface area contributed by atoms with Crippen molar-refractivity contribution in [3.05, 3.63) is 65.2 Å². The molecule has 2 aromatic rings. The predicted octanol–water partition coefficient (Wildman–Crippen LogP) is 3.06. The van der Waals surface area contributed by atoms with Crippen LogP contribution >= 0.6 is 0 Å². The van der Waals surface area contributed by atoms with E-state index in [1.54, 1.807) is 24.3 Å². The van der Waals surface area contributed by atoms with E-state index in [1.807, 2.05) is 0 Å². The third-order valence-corrected chi connectivity index (χ3v) is 4.24. The van der Waals surface area contributed by atoms with Crippen LogP contribution in [0.4, 0.5) is 8.78 Å². The quantitative estimate of drug-likeness (QED) is 0.815. The van der Waals surface area contributed by atoms with Crippen molar-refractivity contribution in [1.29, 1.82) is 0 Å². The molecule has 3 nitrogen and oxygen atoms in total. The van der Waals surface area contributed by atoms with Crippen LogP contribution in [0.2, 0.25) is 0 Å². The topological polar surface area (TPSA) is 43.4 Å². The van der Waals surface area contributed by atoms with Gasteiger partial charge in [0, 0.05) is 6.07 Å². The molecule has 6 heteroatoms. The number of hydrogen-bond acceptors (Lipinski definition) is 3. The van der Waals surface area contributed by atoms with E-state index in [1.165, 1.54) is 7.11 Å². The molecule has 0 amide bonds. The molecule has 0 saturated heterocycles. The van der Waals surface area contributed by atoms with Gasteiger partial charge >= 0.3 is 5.97 Å². The minimum Gasteiger partial charge on any atom is -0.465 e. The van der Waals surface area contributed by atoms with Gasteiger partial charge in [-0.1, -0.05) is 18.2 Å². The number of carbonyl (C=O) groups is 1. The smallest absolute Gasteiger partial charge is 0.338 e. The fourth-order valence-electron chi connectivity index (χ4n) is 1.83. The first-order valence-corrected chi connectivity index (χ1v) is 7.34. The molecule has 1 unspecified atom stereocenters. The number of halogens is 2. The fourth-order valence-corrected chi connectivity index (χ4v) is 3.02. The Bertz CT molecular complexity index is 701. The summed E-state index contributed by atoms with van der Waals surface area (Å²) in [4.78, 5) is 11.5. The lowest BCUT2D eigenvalue weighted by Crippen LogP contribution is -2.08. The summed E-state index contributed by atoms with van der Waals surface area (Å²) in [6, 6.07) is 9.35. The van der Waals surface area contributed by atoms with Gasteiger partial charge in [0.2, 0.25) is 0 Å². The van der Waals surface area contributed by atoms with Crippen LogP contribution in [0.25, 0.3) is 0 Å². The highest BCUT2D eigenvalue weighted by Gasteiger charge is 2.16. The van der Waals surface area contributed by atoms with Crippen molar-refractivity contribution >= 4 is 16.8 Å². The summed E-state index contributed by atoms with van der Waals surface area (Å²) in [5.41, 5.74) is 0.752. The van der Waals surface area contributed by atoms with Crippen molar-refractivity contribution in [2.24, 2.45) is 0 Å². The maximum Gasteiger partial charge on any atom is 0.338 e. The van der Waals surface area contributed by atoms with Gasteiger partial charge < -0.3 is 4.74 Å². The molecule has 2 aromatic carbocycles. The van der Waals surface area contributed by atoms with Gasteiger partial charge in [0.1, 0.15) is 11.6 Å². The molecule has 0 heterocycles. The molecule has 0 N–H and O–H groups in total. The number of benzene rings is 2. The molecular formula is C15H12F2O3S. The largest absolute Gasteiger partial charge is 0.465 e. The Kier molecular flexibility index (Phi) is 4.80. The zero-order valence-corrected chi connectivity index (χ0v) is 12.0. The van der Waals surface area contributed by atoms with Gasteiger partial charge in [0.05, 0.1) is 34.1 Å². The highest BCUT2D eigenvalue weighted by Crippen LogP contribution is 2.19. The Hall–Kier alpha value is -2.08. The summed E-state index contributed by atoms with van der Waals surface area (Å²) in [7, 11) is -0.487. The van der Waals surface area contributed by atoms with E-state index in [-0.39, 0.29) is 16.2 Å². The van der Waals surface area contributed by atoms with Crippen molar-refractivity contribution in [2.75, 3.05) is 7.11 Å². The molecule has 0 fully saturated rings. The van der Waals surface area contributed by atoms with Gasteiger partial charge in [0.25, 0.3) is 0 Å². The van der Waals surface area contributed by atoms with Gasteiger partial charge in [0.15, 0.2) is 0 Å². The molecule has 1 atom stereocenters. The van der Waals surface area contributed by atoms with Gasteiger partial charge in [-0.05, 0) is 23.8 Å². The van der Waals surface area contributed by atoms with Gasteiger partial charge in [-0.15, -0.1) is 0 Å². The molecule has 0 spiro atoms. The van der Waals surface area contributed by atoms with E-state index >= 15 is 0 Å². The zero-order valence-electron chi connectivity index (χ0n) is 11.1. The summed E-state index contributed by atoms with van der Waals surface area (Å²) < 4.78 is 43.3. The number of methoxy groups -OCH3 is 1. The summed E-state index contributed by atoms with van der Waals surface area (Å²) in [6.07, 6.45) is 0. The van der Waals surface area contributed by atoms with Crippen LogP contribution in [0.1, 0.15) is 15.9 Å². The molecule has 0 aliphatic carbocycles. The third-order valence-electron chi connectivity index (χ3n) is 2.85.